The van der Waals surface area contributed by atoms with Gasteiger partial charge in [-0.2, -0.15) is 0 Å². The summed E-state index contributed by atoms with van der Waals surface area (Å²) in [6.45, 7) is 1.95. The van der Waals surface area contributed by atoms with Gasteiger partial charge in [0, 0.05) is 52.5 Å². The van der Waals surface area contributed by atoms with Crippen molar-refractivity contribution in [3.8, 4) is 17.3 Å². The Labute approximate surface area is 223 Å². The van der Waals surface area contributed by atoms with Crippen molar-refractivity contribution in [2.45, 2.75) is 38.3 Å². The number of carbonyl (C=O) groups is 1. The van der Waals surface area contributed by atoms with Crippen molar-refractivity contribution in [3.05, 3.63) is 46.4 Å². The van der Waals surface area contributed by atoms with Gasteiger partial charge in [0.2, 0.25) is 0 Å². The van der Waals surface area contributed by atoms with Gasteiger partial charge in [-0.15, -0.1) is 0 Å². The van der Waals surface area contributed by atoms with E-state index in [1.807, 2.05) is 12.1 Å². The van der Waals surface area contributed by atoms with Crippen molar-refractivity contribution in [1.82, 2.24) is 19.0 Å². The first kappa shape index (κ1) is 21.2. The van der Waals surface area contributed by atoms with Crippen LogP contribution in [0.1, 0.15) is 36.0 Å². The fourth-order valence-electron chi connectivity index (χ4n) is 8.57. The van der Waals surface area contributed by atoms with Crippen LogP contribution in [0.4, 0.5) is 0 Å². The standard InChI is InChI=1S/C30H29BrN4O2/c1-33-27-21(32-28(33)23-9-16-7-18(31)5-6-22(16)34(23)13-15-3-4-15)8-17(10-24(27)37-2)29(36)35-14-30-12-20-19(26(20)30)11-25(30)35/h5-10,15,19-20,25-26H,3-4,11-14H2,1-2H3/t19?,20?,25?,26-,30-/m1/s1. The number of hydrogen-bond acceptors (Lipinski definition) is 3. The zero-order chi connectivity index (χ0) is 24.8. The van der Waals surface area contributed by atoms with E-state index in [4.69, 9.17) is 9.72 Å². The van der Waals surface area contributed by atoms with E-state index in [-0.39, 0.29) is 5.91 Å². The molecule has 4 saturated carbocycles. The largest absolute Gasteiger partial charge is 0.494 e. The van der Waals surface area contributed by atoms with Gasteiger partial charge in [-0.25, -0.2) is 4.98 Å². The highest BCUT2D eigenvalue weighted by atomic mass is 79.9. The number of ether oxygens (including phenoxy) is 1. The molecular weight excluding hydrogens is 528 g/mol. The Morgan fingerprint density at radius 2 is 2.05 bits per heavy atom. The molecular formula is C30H29BrN4O2. The lowest BCUT2D eigenvalue weighted by molar-refractivity contribution is -0.106. The SMILES string of the molecule is COc1cc(C(=O)N2C[C@]34CC5C(CC23)[C@H]54)cc2nc(-c3cc4cc(Br)ccc4n3CC3CC3)n(C)c12. The number of imidazole rings is 1. The summed E-state index contributed by atoms with van der Waals surface area (Å²) in [5.74, 6) is 5.32. The lowest BCUT2D eigenvalue weighted by Crippen LogP contribution is -2.69. The van der Waals surface area contributed by atoms with Crippen molar-refractivity contribution in [2.75, 3.05) is 13.7 Å². The summed E-state index contributed by atoms with van der Waals surface area (Å²) in [7, 11) is 3.75. The van der Waals surface area contributed by atoms with Crippen molar-refractivity contribution in [3.63, 3.8) is 0 Å². The lowest BCUT2D eigenvalue weighted by atomic mass is 9.58. The molecule has 2 aromatic carbocycles. The van der Waals surface area contributed by atoms with Crippen molar-refractivity contribution < 1.29 is 9.53 Å². The zero-order valence-corrected chi connectivity index (χ0v) is 22.7. The second kappa shape index (κ2) is 6.79. The maximum absolute atomic E-state index is 13.7. The van der Waals surface area contributed by atoms with Crippen molar-refractivity contribution in [1.29, 1.82) is 0 Å². The van der Waals surface area contributed by atoms with Crippen LogP contribution in [0.3, 0.4) is 0 Å². The molecule has 5 fully saturated rings. The molecule has 3 heterocycles. The van der Waals surface area contributed by atoms with E-state index in [1.165, 1.54) is 36.6 Å². The van der Waals surface area contributed by atoms with Gasteiger partial charge in [0.25, 0.3) is 5.91 Å². The van der Waals surface area contributed by atoms with Gasteiger partial charge in [-0.1, -0.05) is 15.9 Å². The highest BCUT2D eigenvalue weighted by Crippen LogP contribution is 2.83. The van der Waals surface area contributed by atoms with Gasteiger partial charge < -0.3 is 18.8 Å². The van der Waals surface area contributed by atoms with Gasteiger partial charge in [0.05, 0.1) is 18.3 Å². The summed E-state index contributed by atoms with van der Waals surface area (Å²) in [5.41, 5.74) is 5.27. The fourth-order valence-corrected chi connectivity index (χ4v) is 8.95. The zero-order valence-electron chi connectivity index (χ0n) is 21.1. The Kier molecular flexibility index (Phi) is 3.88. The molecule has 4 aliphatic carbocycles. The lowest BCUT2D eigenvalue weighted by Gasteiger charge is -2.61. The molecule has 1 amide bonds. The number of aromatic nitrogens is 3. The summed E-state index contributed by atoms with van der Waals surface area (Å²) in [5, 5.41) is 1.21. The van der Waals surface area contributed by atoms with Crippen LogP contribution in [0.15, 0.2) is 40.9 Å². The number of nitrogens with zero attached hydrogens (tertiary/aromatic N) is 4. The Bertz CT molecular complexity index is 1680. The minimum atomic E-state index is 0.139. The van der Waals surface area contributed by atoms with Gasteiger partial charge in [0.15, 0.2) is 5.82 Å². The summed E-state index contributed by atoms with van der Waals surface area (Å²) in [4.78, 5) is 21.0. The number of halogens is 1. The van der Waals surface area contributed by atoms with E-state index in [9.17, 15) is 4.79 Å². The van der Waals surface area contributed by atoms with Crippen molar-refractivity contribution >= 4 is 43.8 Å². The molecule has 188 valence electrons. The fraction of sp³-hybridized carbons (Fsp3) is 0.467. The number of fused-ring (bicyclic) bond motifs is 3. The molecule has 0 bridgehead atoms. The molecule has 0 N–H and O–H groups in total. The van der Waals surface area contributed by atoms with E-state index < -0.39 is 0 Å². The quantitative estimate of drug-likeness (QED) is 0.309. The molecule has 1 saturated heterocycles. The molecule has 6 nitrogen and oxygen atoms in total. The Morgan fingerprint density at radius 1 is 1.19 bits per heavy atom. The average molecular weight is 557 g/mol. The Balaban J connectivity index is 1.14. The minimum absolute atomic E-state index is 0.139. The van der Waals surface area contributed by atoms with Gasteiger partial charge in [0.1, 0.15) is 11.3 Å². The topological polar surface area (TPSA) is 52.3 Å². The maximum atomic E-state index is 13.7. The first-order valence-corrected chi connectivity index (χ1v) is 14.4. The van der Waals surface area contributed by atoms with Gasteiger partial charge in [-0.05, 0) is 85.8 Å². The summed E-state index contributed by atoms with van der Waals surface area (Å²) in [6, 6.07) is 13.1. The van der Waals surface area contributed by atoms with E-state index in [1.54, 1.807) is 7.11 Å². The number of benzene rings is 2. The second-order valence-corrected chi connectivity index (χ2v) is 13.2. The number of carbonyl (C=O) groups excluding carboxylic acids is 1. The minimum Gasteiger partial charge on any atom is -0.494 e. The molecule has 1 spiro atoms. The maximum Gasteiger partial charge on any atom is 0.254 e. The number of likely N-dealkylation sites (tertiary alicyclic amines) is 1. The molecule has 9 rings (SSSR count). The number of rotatable bonds is 5. The van der Waals surface area contributed by atoms with Crippen molar-refractivity contribution in [2.24, 2.45) is 36.1 Å². The van der Waals surface area contributed by atoms with Crippen LogP contribution in [0, 0.1) is 29.1 Å². The third-order valence-electron chi connectivity index (χ3n) is 10.5. The van der Waals surface area contributed by atoms with Crippen LogP contribution in [0.2, 0.25) is 0 Å². The molecule has 3 unspecified atom stereocenters. The average Bonchev–Trinajstić information content (AvgIpc) is 3.69. The van der Waals surface area contributed by atoms with Crippen LogP contribution in [0.25, 0.3) is 33.5 Å². The number of aryl methyl sites for hydroxylation is 1. The Morgan fingerprint density at radius 3 is 2.81 bits per heavy atom. The van der Waals surface area contributed by atoms with Crippen LogP contribution in [0.5, 0.6) is 5.75 Å². The molecule has 7 heteroatoms. The molecule has 0 radical (unpaired) electrons. The van der Waals surface area contributed by atoms with E-state index >= 15 is 0 Å². The van der Waals surface area contributed by atoms with E-state index in [0.29, 0.717) is 22.8 Å². The van der Waals surface area contributed by atoms with Gasteiger partial charge >= 0.3 is 0 Å². The molecule has 2 aromatic heterocycles. The normalized spacial score (nSPS) is 30.7. The first-order chi connectivity index (χ1) is 18.0. The van der Waals surface area contributed by atoms with E-state index in [0.717, 1.165) is 63.8 Å². The number of hydrogen-bond donors (Lipinski definition) is 0. The highest BCUT2D eigenvalue weighted by molar-refractivity contribution is 9.10. The summed E-state index contributed by atoms with van der Waals surface area (Å²) in [6.07, 6.45) is 5.15. The number of amides is 1. The van der Waals surface area contributed by atoms with Gasteiger partial charge in [-0.3, -0.25) is 4.79 Å². The molecule has 4 aromatic rings. The van der Waals surface area contributed by atoms with Crippen LogP contribution < -0.4 is 4.74 Å². The predicted molar refractivity (Wildman–Crippen MR) is 146 cm³/mol. The highest BCUT2D eigenvalue weighted by Gasteiger charge is 2.83. The summed E-state index contributed by atoms with van der Waals surface area (Å²) < 4.78 is 11.5. The molecule has 5 atom stereocenters. The second-order valence-electron chi connectivity index (χ2n) is 12.3. The van der Waals surface area contributed by atoms with Crippen LogP contribution >= 0.6 is 15.9 Å². The van der Waals surface area contributed by atoms with E-state index in [2.05, 4.69) is 61.3 Å². The smallest absolute Gasteiger partial charge is 0.254 e. The monoisotopic (exact) mass is 556 g/mol. The first-order valence-electron chi connectivity index (χ1n) is 13.6. The Hall–Kier alpha value is -2.80. The molecule has 5 aliphatic rings. The van der Waals surface area contributed by atoms with Crippen LogP contribution in [-0.2, 0) is 13.6 Å². The number of methoxy groups -OCH3 is 1. The third kappa shape index (κ3) is 2.61. The molecule has 1 aliphatic heterocycles. The summed E-state index contributed by atoms with van der Waals surface area (Å²) >= 11 is 3.64. The third-order valence-corrected chi connectivity index (χ3v) is 11.0. The predicted octanol–water partition coefficient (Wildman–Crippen LogP) is 5.86. The van der Waals surface area contributed by atoms with Crippen LogP contribution in [-0.4, -0.2) is 44.6 Å². The molecule has 37 heavy (non-hydrogen) atoms.